The van der Waals surface area contributed by atoms with Gasteiger partial charge in [0.1, 0.15) is 0 Å². The Hall–Kier alpha value is -2.91. The van der Waals surface area contributed by atoms with Crippen LogP contribution >= 0.6 is 0 Å². The summed E-state index contributed by atoms with van der Waals surface area (Å²) in [6.45, 7) is -0.401. The van der Waals surface area contributed by atoms with Crippen molar-refractivity contribution in [3.63, 3.8) is 0 Å². The Labute approximate surface area is 128 Å². The second-order valence-electron chi connectivity index (χ2n) is 4.49. The molecule has 0 aliphatic carbocycles. The zero-order valence-electron chi connectivity index (χ0n) is 11.6. The van der Waals surface area contributed by atoms with Crippen LogP contribution in [0.4, 0.5) is 19.1 Å². The number of amides is 2. The molecule has 1 heterocycles. The number of halogens is 3. The number of aromatic amines is 1. The molecule has 0 spiro atoms. The number of alkyl halides is 3. The molecule has 3 N–H and O–H groups in total. The van der Waals surface area contributed by atoms with Crippen molar-refractivity contribution in [1.29, 1.82) is 0 Å². The lowest BCUT2D eigenvalue weighted by molar-refractivity contribution is -0.144. The van der Waals surface area contributed by atoms with Gasteiger partial charge in [0, 0.05) is 0 Å². The molecule has 10 heteroatoms. The number of carbonyl (C=O) groups excluding carboxylic acids is 2. The molecule has 0 saturated carbocycles. The highest BCUT2D eigenvalue weighted by molar-refractivity contribution is 5.93. The zero-order valence-corrected chi connectivity index (χ0v) is 11.6. The molecule has 2 rings (SSSR count). The predicted octanol–water partition coefficient (Wildman–Crippen LogP) is 1.12. The summed E-state index contributed by atoms with van der Waals surface area (Å²) in [6, 6.07) is 8.87. The zero-order chi connectivity index (χ0) is 16.9. The van der Waals surface area contributed by atoms with Crippen molar-refractivity contribution < 1.29 is 22.8 Å². The van der Waals surface area contributed by atoms with E-state index >= 15 is 0 Å². The minimum atomic E-state index is -4.68. The second kappa shape index (κ2) is 6.90. The first-order valence-electron chi connectivity index (χ1n) is 6.44. The Kier molecular flexibility index (Phi) is 4.94. The number of carbonyl (C=O) groups is 2. The number of hydrogen-bond acceptors (Lipinski definition) is 4. The molecule has 0 fully saturated rings. The van der Waals surface area contributed by atoms with Crippen LogP contribution in [0.25, 0.3) is 0 Å². The molecule has 1 aromatic carbocycles. The maximum atomic E-state index is 12.3. The van der Waals surface area contributed by atoms with Gasteiger partial charge < -0.3 is 5.32 Å². The van der Waals surface area contributed by atoms with Crippen LogP contribution in [0.2, 0.25) is 0 Å². The van der Waals surface area contributed by atoms with Crippen molar-refractivity contribution >= 4 is 17.8 Å². The van der Waals surface area contributed by atoms with Gasteiger partial charge in [0.25, 0.3) is 0 Å². The number of aromatic nitrogens is 3. The minimum absolute atomic E-state index is 0.0903. The highest BCUT2D eigenvalue weighted by Gasteiger charge is 2.35. The summed E-state index contributed by atoms with van der Waals surface area (Å²) in [5.41, 5.74) is 0.772. The Morgan fingerprint density at radius 1 is 1.13 bits per heavy atom. The summed E-state index contributed by atoms with van der Waals surface area (Å²) >= 11 is 0. The Bertz CT molecular complexity index is 684. The highest BCUT2D eigenvalue weighted by atomic mass is 19.4. The average Bonchev–Trinajstić information content (AvgIpc) is 2.95. The van der Waals surface area contributed by atoms with Gasteiger partial charge in [-0.15, -0.1) is 5.10 Å². The lowest BCUT2D eigenvalue weighted by Gasteiger charge is -2.05. The Morgan fingerprint density at radius 2 is 1.83 bits per heavy atom. The van der Waals surface area contributed by atoms with Crippen LogP contribution in [0.3, 0.4) is 0 Å². The van der Waals surface area contributed by atoms with Crippen molar-refractivity contribution in [1.82, 2.24) is 20.5 Å². The van der Waals surface area contributed by atoms with E-state index in [4.69, 9.17) is 0 Å². The molecule has 0 bridgehead atoms. The first-order chi connectivity index (χ1) is 10.8. The van der Waals surface area contributed by atoms with E-state index in [-0.39, 0.29) is 6.42 Å². The number of rotatable bonds is 5. The van der Waals surface area contributed by atoms with Crippen molar-refractivity contribution in [3.05, 3.63) is 41.7 Å². The molecular formula is C13H12F3N5O2. The van der Waals surface area contributed by atoms with Crippen LogP contribution in [-0.2, 0) is 22.2 Å². The quantitative estimate of drug-likeness (QED) is 0.766. The minimum Gasteiger partial charge on any atom is -0.347 e. The number of nitrogens with one attached hydrogen (secondary N) is 3. The molecule has 2 amide bonds. The van der Waals surface area contributed by atoms with Crippen LogP contribution in [0, 0.1) is 0 Å². The number of H-pyrrole nitrogens is 1. The van der Waals surface area contributed by atoms with Gasteiger partial charge in [0.15, 0.2) is 0 Å². The lowest BCUT2D eigenvalue weighted by Crippen LogP contribution is -2.34. The van der Waals surface area contributed by atoms with Crippen molar-refractivity contribution in [3.8, 4) is 0 Å². The standard InChI is InChI=1S/C13H12F3N5O2/c14-13(15,16)11-19-12(21-20-11)18-10(23)7-17-9(22)6-8-4-2-1-3-5-8/h1-5H,6-7H2,(H,17,22)(H2,18,19,20,21,23). The normalized spacial score (nSPS) is 11.1. The summed E-state index contributed by atoms with van der Waals surface area (Å²) < 4.78 is 36.9. The fraction of sp³-hybridized carbons (Fsp3) is 0.231. The van der Waals surface area contributed by atoms with Crippen molar-refractivity contribution in [2.24, 2.45) is 0 Å². The smallest absolute Gasteiger partial charge is 0.347 e. The second-order valence-corrected chi connectivity index (χ2v) is 4.49. The summed E-state index contributed by atoms with van der Waals surface area (Å²) in [4.78, 5) is 26.2. The van der Waals surface area contributed by atoms with E-state index in [1.54, 1.807) is 35.4 Å². The third-order valence-corrected chi connectivity index (χ3v) is 2.66. The van der Waals surface area contributed by atoms with Gasteiger partial charge in [-0.25, -0.2) is 0 Å². The van der Waals surface area contributed by atoms with Gasteiger partial charge in [-0.2, -0.15) is 18.2 Å². The van der Waals surface area contributed by atoms with Crippen LogP contribution in [0.15, 0.2) is 30.3 Å². The van der Waals surface area contributed by atoms with E-state index in [1.807, 2.05) is 5.32 Å². The van der Waals surface area contributed by atoms with E-state index in [0.29, 0.717) is 0 Å². The molecule has 122 valence electrons. The summed E-state index contributed by atoms with van der Waals surface area (Å²) in [7, 11) is 0. The summed E-state index contributed by atoms with van der Waals surface area (Å²) in [6.07, 6.45) is -4.59. The van der Waals surface area contributed by atoms with E-state index in [0.717, 1.165) is 5.56 Å². The molecule has 0 saturated heterocycles. The molecule has 0 unspecified atom stereocenters. The van der Waals surface area contributed by atoms with Crippen LogP contribution < -0.4 is 10.6 Å². The van der Waals surface area contributed by atoms with E-state index in [2.05, 4.69) is 15.4 Å². The molecule has 1 aromatic heterocycles. The Morgan fingerprint density at radius 3 is 2.43 bits per heavy atom. The van der Waals surface area contributed by atoms with Gasteiger partial charge in [0.2, 0.25) is 23.6 Å². The molecule has 0 radical (unpaired) electrons. The van der Waals surface area contributed by atoms with E-state index in [9.17, 15) is 22.8 Å². The Balaban J connectivity index is 1.79. The van der Waals surface area contributed by atoms with Crippen LogP contribution in [0.5, 0.6) is 0 Å². The molecule has 0 atom stereocenters. The molecule has 23 heavy (non-hydrogen) atoms. The molecule has 2 aromatic rings. The first-order valence-corrected chi connectivity index (χ1v) is 6.44. The monoisotopic (exact) mass is 327 g/mol. The molecule has 7 nitrogen and oxygen atoms in total. The number of benzene rings is 1. The van der Waals surface area contributed by atoms with Gasteiger partial charge in [-0.1, -0.05) is 30.3 Å². The molecule has 0 aliphatic rings. The van der Waals surface area contributed by atoms with Crippen LogP contribution in [0.1, 0.15) is 11.4 Å². The average molecular weight is 327 g/mol. The number of hydrogen-bond donors (Lipinski definition) is 3. The van der Waals surface area contributed by atoms with Crippen molar-refractivity contribution in [2.45, 2.75) is 12.6 Å². The fourth-order valence-corrected chi connectivity index (χ4v) is 1.64. The molecular weight excluding hydrogens is 315 g/mol. The summed E-state index contributed by atoms with van der Waals surface area (Å²) in [5.74, 6) is -2.96. The van der Waals surface area contributed by atoms with Gasteiger partial charge in [-0.05, 0) is 5.56 Å². The van der Waals surface area contributed by atoms with Gasteiger partial charge in [0.05, 0.1) is 13.0 Å². The lowest BCUT2D eigenvalue weighted by atomic mass is 10.1. The SMILES string of the molecule is O=C(Cc1ccccc1)NCC(=O)Nc1n[nH]c(C(F)(F)F)n1. The summed E-state index contributed by atoms with van der Waals surface area (Å²) in [5, 5.41) is 9.27. The van der Waals surface area contributed by atoms with Crippen LogP contribution in [-0.4, -0.2) is 33.5 Å². The molecule has 0 aliphatic heterocycles. The highest BCUT2D eigenvalue weighted by Crippen LogP contribution is 2.26. The third-order valence-electron chi connectivity index (χ3n) is 2.66. The van der Waals surface area contributed by atoms with E-state index in [1.165, 1.54) is 0 Å². The van der Waals surface area contributed by atoms with E-state index < -0.39 is 36.3 Å². The van der Waals surface area contributed by atoms with Gasteiger partial charge in [-0.3, -0.25) is 20.0 Å². The third kappa shape index (κ3) is 5.09. The number of nitrogens with zero attached hydrogens (tertiary/aromatic N) is 2. The number of anilines is 1. The topological polar surface area (TPSA) is 99.8 Å². The maximum absolute atomic E-state index is 12.3. The van der Waals surface area contributed by atoms with Gasteiger partial charge >= 0.3 is 6.18 Å². The largest absolute Gasteiger partial charge is 0.451 e. The fourth-order valence-electron chi connectivity index (χ4n) is 1.64. The predicted molar refractivity (Wildman–Crippen MR) is 73.2 cm³/mol. The maximum Gasteiger partial charge on any atom is 0.451 e. The first kappa shape index (κ1) is 16.5. The van der Waals surface area contributed by atoms with Crippen molar-refractivity contribution in [2.75, 3.05) is 11.9 Å².